The molecule has 5 nitrogen and oxygen atoms in total. The highest BCUT2D eigenvalue weighted by Crippen LogP contribution is 2.34. The Bertz CT molecular complexity index is 556. The van der Waals surface area contributed by atoms with Crippen molar-refractivity contribution >= 4 is 19.7 Å². The zero-order chi connectivity index (χ0) is 15.7. The van der Waals surface area contributed by atoms with Gasteiger partial charge in [-0.1, -0.05) is 6.42 Å². The Morgan fingerprint density at radius 2 is 1.95 bits per heavy atom. The van der Waals surface area contributed by atoms with Crippen molar-refractivity contribution in [3.8, 4) is 0 Å². The molecule has 0 radical (unpaired) electrons. The number of hydrogen-bond acceptors (Lipinski definition) is 5. The molecule has 2 aliphatic rings. The summed E-state index contributed by atoms with van der Waals surface area (Å²) < 4.78 is 46.7. The van der Waals surface area contributed by atoms with Crippen LogP contribution < -0.4 is 5.32 Å². The van der Waals surface area contributed by atoms with E-state index in [1.807, 2.05) is 7.05 Å². The largest absolute Gasteiger partial charge is 0.317 e. The van der Waals surface area contributed by atoms with Gasteiger partial charge in [0.05, 0.1) is 16.8 Å². The summed E-state index contributed by atoms with van der Waals surface area (Å²) in [5.74, 6) is 1.18. The van der Waals surface area contributed by atoms with E-state index in [9.17, 15) is 16.8 Å². The number of rotatable bonds is 5. The van der Waals surface area contributed by atoms with Gasteiger partial charge in [0.2, 0.25) is 0 Å². The monoisotopic (exact) mass is 337 g/mol. The van der Waals surface area contributed by atoms with Gasteiger partial charge in [-0.2, -0.15) is 0 Å². The van der Waals surface area contributed by atoms with Crippen LogP contribution >= 0.6 is 0 Å². The van der Waals surface area contributed by atoms with E-state index in [0.29, 0.717) is 23.8 Å². The SMILES string of the molecule is CNC(CC1CCS(=O)(=O)C1)C1CCCC(S(C)(=O)=O)C1. The fourth-order valence-corrected chi connectivity index (χ4v) is 6.97. The summed E-state index contributed by atoms with van der Waals surface area (Å²) in [5.41, 5.74) is 0. The lowest BCUT2D eigenvalue weighted by Crippen LogP contribution is -2.40. The Hall–Kier alpha value is -0.140. The summed E-state index contributed by atoms with van der Waals surface area (Å²) in [6.07, 6.45) is 6.39. The smallest absolute Gasteiger partial charge is 0.150 e. The van der Waals surface area contributed by atoms with Gasteiger partial charge in [-0.3, -0.25) is 0 Å². The highest BCUT2D eigenvalue weighted by molar-refractivity contribution is 7.91. The zero-order valence-corrected chi connectivity index (χ0v) is 14.5. The van der Waals surface area contributed by atoms with Crippen LogP contribution in [0.5, 0.6) is 0 Å². The molecule has 1 heterocycles. The third-order valence-corrected chi connectivity index (χ3v) is 8.60. The summed E-state index contributed by atoms with van der Waals surface area (Å²) in [7, 11) is -3.91. The van der Waals surface area contributed by atoms with E-state index in [1.165, 1.54) is 6.26 Å². The lowest BCUT2D eigenvalue weighted by Gasteiger charge is -2.34. The summed E-state index contributed by atoms with van der Waals surface area (Å²) in [4.78, 5) is 0. The van der Waals surface area contributed by atoms with E-state index in [4.69, 9.17) is 0 Å². The van der Waals surface area contributed by atoms with Gasteiger partial charge in [0.25, 0.3) is 0 Å². The second-order valence-electron chi connectivity index (χ2n) is 6.78. The van der Waals surface area contributed by atoms with Crippen LogP contribution in [0.15, 0.2) is 0 Å². The number of nitrogens with one attached hydrogen (secondary N) is 1. The molecule has 4 atom stereocenters. The van der Waals surface area contributed by atoms with E-state index in [0.717, 1.165) is 32.1 Å². The molecule has 2 fully saturated rings. The van der Waals surface area contributed by atoms with E-state index in [2.05, 4.69) is 5.32 Å². The molecule has 4 unspecified atom stereocenters. The third-order valence-electron chi connectivity index (χ3n) is 5.13. The fourth-order valence-electron chi connectivity index (χ4n) is 3.90. The molecule has 1 saturated carbocycles. The molecule has 124 valence electrons. The van der Waals surface area contributed by atoms with Crippen molar-refractivity contribution in [2.75, 3.05) is 24.8 Å². The van der Waals surface area contributed by atoms with Crippen molar-refractivity contribution in [1.29, 1.82) is 0 Å². The van der Waals surface area contributed by atoms with Gasteiger partial charge in [-0.25, -0.2) is 16.8 Å². The molecule has 2 rings (SSSR count). The van der Waals surface area contributed by atoms with Crippen LogP contribution in [0.3, 0.4) is 0 Å². The summed E-state index contributed by atoms with van der Waals surface area (Å²) >= 11 is 0. The number of sulfone groups is 2. The van der Waals surface area contributed by atoms with Crippen LogP contribution in [0, 0.1) is 11.8 Å². The second kappa shape index (κ2) is 6.54. The molecule has 0 amide bonds. The number of hydrogen-bond donors (Lipinski definition) is 1. The molecular formula is C14H27NO4S2. The van der Waals surface area contributed by atoms with Crippen LogP contribution in [-0.2, 0) is 19.7 Å². The van der Waals surface area contributed by atoms with Gasteiger partial charge in [0.1, 0.15) is 9.84 Å². The van der Waals surface area contributed by atoms with Gasteiger partial charge in [0.15, 0.2) is 9.84 Å². The molecule has 0 aromatic carbocycles. The summed E-state index contributed by atoms with van der Waals surface area (Å²) in [6, 6.07) is 0.229. The quantitative estimate of drug-likeness (QED) is 0.809. The van der Waals surface area contributed by atoms with Crippen LogP contribution in [0.2, 0.25) is 0 Å². The van der Waals surface area contributed by atoms with Gasteiger partial charge in [-0.05, 0) is 51.0 Å². The van der Waals surface area contributed by atoms with E-state index >= 15 is 0 Å². The third kappa shape index (κ3) is 4.66. The second-order valence-corrected chi connectivity index (χ2v) is 11.3. The molecule has 0 aromatic rings. The van der Waals surface area contributed by atoms with E-state index < -0.39 is 19.7 Å². The highest BCUT2D eigenvalue weighted by Gasteiger charge is 2.35. The molecule has 0 bridgehead atoms. The normalized spacial score (nSPS) is 34.7. The first kappa shape index (κ1) is 17.2. The van der Waals surface area contributed by atoms with Crippen molar-refractivity contribution in [1.82, 2.24) is 5.32 Å². The van der Waals surface area contributed by atoms with Gasteiger partial charge in [-0.15, -0.1) is 0 Å². The Morgan fingerprint density at radius 3 is 2.48 bits per heavy atom. The Labute approximate surface area is 128 Å². The van der Waals surface area contributed by atoms with Gasteiger partial charge in [0, 0.05) is 12.3 Å². The predicted octanol–water partition coefficient (Wildman–Crippen LogP) is 1.00. The van der Waals surface area contributed by atoms with Gasteiger partial charge < -0.3 is 5.32 Å². The Kier molecular flexibility index (Phi) is 5.36. The summed E-state index contributed by atoms with van der Waals surface area (Å²) in [5, 5.41) is 3.09. The standard InChI is InChI=1S/C14H27NO4S2/c1-15-14(8-11-6-7-21(18,19)10-11)12-4-3-5-13(9-12)20(2,16)17/h11-15H,3-10H2,1-2H3. The molecule has 21 heavy (non-hydrogen) atoms. The Balaban J connectivity index is 1.97. The Morgan fingerprint density at radius 1 is 1.24 bits per heavy atom. The molecule has 1 N–H and O–H groups in total. The van der Waals surface area contributed by atoms with E-state index in [1.54, 1.807) is 0 Å². The zero-order valence-electron chi connectivity index (χ0n) is 12.9. The molecule has 1 aliphatic heterocycles. The average Bonchev–Trinajstić information content (AvgIpc) is 2.74. The minimum absolute atomic E-state index is 0.223. The molecule has 7 heteroatoms. The summed E-state index contributed by atoms with van der Waals surface area (Å²) in [6.45, 7) is 0. The first-order chi connectivity index (χ1) is 9.71. The van der Waals surface area contributed by atoms with E-state index in [-0.39, 0.29) is 17.2 Å². The average molecular weight is 338 g/mol. The van der Waals surface area contributed by atoms with Crippen LogP contribution in [-0.4, -0.2) is 52.9 Å². The highest BCUT2D eigenvalue weighted by atomic mass is 32.2. The van der Waals surface area contributed by atoms with Crippen molar-refractivity contribution in [3.05, 3.63) is 0 Å². The molecule has 1 aliphatic carbocycles. The van der Waals surface area contributed by atoms with Crippen molar-refractivity contribution in [3.63, 3.8) is 0 Å². The van der Waals surface area contributed by atoms with Crippen molar-refractivity contribution in [2.45, 2.75) is 49.8 Å². The lowest BCUT2D eigenvalue weighted by molar-refractivity contribution is 0.249. The molecule has 0 aromatic heterocycles. The minimum atomic E-state index is -2.97. The molecular weight excluding hydrogens is 310 g/mol. The fraction of sp³-hybridized carbons (Fsp3) is 1.00. The van der Waals surface area contributed by atoms with Crippen LogP contribution in [0.4, 0.5) is 0 Å². The van der Waals surface area contributed by atoms with Crippen molar-refractivity contribution < 1.29 is 16.8 Å². The first-order valence-electron chi connectivity index (χ1n) is 7.78. The van der Waals surface area contributed by atoms with Crippen LogP contribution in [0.25, 0.3) is 0 Å². The van der Waals surface area contributed by atoms with Gasteiger partial charge >= 0.3 is 0 Å². The minimum Gasteiger partial charge on any atom is -0.317 e. The van der Waals surface area contributed by atoms with Crippen molar-refractivity contribution in [2.24, 2.45) is 11.8 Å². The predicted molar refractivity (Wildman–Crippen MR) is 84.8 cm³/mol. The maximum Gasteiger partial charge on any atom is 0.150 e. The molecule has 0 spiro atoms. The topological polar surface area (TPSA) is 80.3 Å². The maximum atomic E-state index is 11.8. The molecule has 1 saturated heterocycles. The maximum absolute atomic E-state index is 11.8. The first-order valence-corrected chi connectivity index (χ1v) is 11.6. The lowest BCUT2D eigenvalue weighted by atomic mass is 9.80. The van der Waals surface area contributed by atoms with Crippen LogP contribution in [0.1, 0.15) is 38.5 Å².